The lowest BCUT2D eigenvalue weighted by Gasteiger charge is -2.04. The first kappa shape index (κ1) is 9.53. The van der Waals surface area contributed by atoms with Gasteiger partial charge >= 0.3 is 6.09 Å². The smallest absolute Gasteiger partial charge is 0.411 e. The maximum atomic E-state index is 10.4. The van der Waals surface area contributed by atoms with Crippen molar-refractivity contribution in [3.63, 3.8) is 0 Å². The maximum absolute atomic E-state index is 10.4. The van der Waals surface area contributed by atoms with Crippen molar-refractivity contribution in [1.82, 2.24) is 9.97 Å². The van der Waals surface area contributed by atoms with Crippen LogP contribution in [0, 0.1) is 0 Å². The second-order valence-corrected chi connectivity index (χ2v) is 2.32. The van der Waals surface area contributed by atoms with Gasteiger partial charge in [0.25, 0.3) is 11.8 Å². The third kappa shape index (κ3) is 2.45. The van der Waals surface area contributed by atoms with Crippen molar-refractivity contribution < 1.29 is 14.3 Å². The summed E-state index contributed by atoms with van der Waals surface area (Å²) < 4.78 is 9.21. The Kier molecular flexibility index (Phi) is 2.86. The Labute approximate surface area is 78.6 Å². The molecule has 0 radical (unpaired) electrons. The number of halogens is 1. The highest BCUT2D eigenvalue weighted by atomic mass is 35.5. The van der Waals surface area contributed by atoms with E-state index in [0.717, 1.165) is 0 Å². The molecule has 0 aromatic carbocycles. The minimum absolute atomic E-state index is 0.0446. The predicted molar refractivity (Wildman–Crippen MR) is 43.8 cm³/mol. The van der Waals surface area contributed by atoms with Crippen LogP contribution in [0.1, 0.15) is 0 Å². The molecule has 13 heavy (non-hydrogen) atoms. The molecule has 1 heterocycles. The zero-order valence-corrected chi connectivity index (χ0v) is 7.41. The number of carbonyl (C=O) groups excluding carboxylic acids is 1. The Morgan fingerprint density at radius 2 is 2.31 bits per heavy atom. The van der Waals surface area contributed by atoms with Crippen LogP contribution < -0.4 is 15.2 Å². The average Bonchev–Trinajstić information content (AvgIpc) is 2.03. The summed E-state index contributed by atoms with van der Waals surface area (Å²) in [4.78, 5) is 17.7. The number of hydrogen-bond donors (Lipinski definition) is 1. The van der Waals surface area contributed by atoms with E-state index >= 15 is 0 Å². The van der Waals surface area contributed by atoms with Crippen LogP contribution in [0.5, 0.6) is 11.8 Å². The van der Waals surface area contributed by atoms with Gasteiger partial charge in [0.1, 0.15) is 0 Å². The van der Waals surface area contributed by atoms with Crippen molar-refractivity contribution in [3.05, 3.63) is 11.3 Å². The van der Waals surface area contributed by atoms with Crippen LogP contribution in [0.2, 0.25) is 5.15 Å². The quantitative estimate of drug-likeness (QED) is 0.760. The fraction of sp³-hybridized carbons (Fsp3) is 0.167. The van der Waals surface area contributed by atoms with Gasteiger partial charge in [0.15, 0.2) is 5.15 Å². The first-order chi connectivity index (χ1) is 6.13. The Morgan fingerprint density at radius 3 is 2.85 bits per heavy atom. The summed E-state index contributed by atoms with van der Waals surface area (Å²) in [6.45, 7) is 0. The summed E-state index contributed by atoms with van der Waals surface area (Å²) in [6, 6.07) is 0. The number of hydrogen-bond acceptors (Lipinski definition) is 5. The van der Waals surface area contributed by atoms with Gasteiger partial charge in [0.2, 0.25) is 0 Å². The van der Waals surface area contributed by atoms with Crippen LogP contribution in [-0.4, -0.2) is 23.2 Å². The van der Waals surface area contributed by atoms with Gasteiger partial charge in [-0.05, 0) is 0 Å². The topological polar surface area (TPSA) is 87.3 Å². The van der Waals surface area contributed by atoms with Crippen LogP contribution in [-0.2, 0) is 0 Å². The Hall–Kier alpha value is -1.56. The van der Waals surface area contributed by atoms with Crippen LogP contribution in [0.15, 0.2) is 6.20 Å². The number of rotatable bonds is 2. The summed E-state index contributed by atoms with van der Waals surface area (Å²) in [5.74, 6) is -0.106. The van der Waals surface area contributed by atoms with Crippen molar-refractivity contribution in [2.24, 2.45) is 5.73 Å². The Morgan fingerprint density at radius 1 is 1.62 bits per heavy atom. The van der Waals surface area contributed by atoms with E-state index in [-0.39, 0.29) is 16.9 Å². The van der Waals surface area contributed by atoms with Crippen LogP contribution >= 0.6 is 11.6 Å². The maximum Gasteiger partial charge on any atom is 0.411 e. The lowest BCUT2D eigenvalue weighted by Crippen LogP contribution is -2.17. The third-order valence-electron chi connectivity index (χ3n) is 1.07. The summed E-state index contributed by atoms with van der Waals surface area (Å²) in [6.07, 6.45) is 0.253. The van der Waals surface area contributed by atoms with Gasteiger partial charge in [0, 0.05) is 0 Å². The Balaban J connectivity index is 3.01. The highest BCUT2D eigenvalue weighted by molar-refractivity contribution is 6.29. The van der Waals surface area contributed by atoms with Crippen molar-refractivity contribution in [2.45, 2.75) is 0 Å². The first-order valence-electron chi connectivity index (χ1n) is 3.17. The number of carbonyl (C=O) groups is 1. The second kappa shape index (κ2) is 3.90. The van der Waals surface area contributed by atoms with Gasteiger partial charge in [-0.1, -0.05) is 11.6 Å². The predicted octanol–water partition coefficient (Wildman–Crippen LogP) is 0.596. The van der Waals surface area contributed by atoms with E-state index in [1.54, 1.807) is 0 Å². The molecule has 0 bridgehead atoms. The van der Waals surface area contributed by atoms with E-state index in [2.05, 4.69) is 14.7 Å². The fourth-order valence-corrected chi connectivity index (χ4v) is 0.768. The molecule has 6 nitrogen and oxygen atoms in total. The molecular formula is C6H6ClN3O3. The number of aromatic nitrogens is 2. The second-order valence-electron chi connectivity index (χ2n) is 1.93. The van der Waals surface area contributed by atoms with E-state index in [4.69, 9.17) is 22.1 Å². The largest absolute Gasteiger partial charge is 0.477 e. The van der Waals surface area contributed by atoms with Crippen molar-refractivity contribution >= 4 is 17.7 Å². The number of methoxy groups -OCH3 is 1. The number of nitrogens with two attached hydrogens (primary N) is 1. The SMILES string of the molecule is COc1ncc(Cl)nc1OC(N)=O. The molecule has 1 aromatic rings. The Bertz CT molecular complexity index is 331. The van der Waals surface area contributed by atoms with Crippen LogP contribution in [0.3, 0.4) is 0 Å². The van der Waals surface area contributed by atoms with Gasteiger partial charge in [-0.3, -0.25) is 0 Å². The van der Waals surface area contributed by atoms with E-state index in [0.29, 0.717) is 0 Å². The van der Waals surface area contributed by atoms with Gasteiger partial charge in [-0.2, -0.15) is 4.98 Å². The highest BCUT2D eigenvalue weighted by Crippen LogP contribution is 2.22. The molecule has 0 aliphatic heterocycles. The molecule has 0 saturated heterocycles. The summed E-state index contributed by atoms with van der Waals surface area (Å²) in [7, 11) is 1.35. The third-order valence-corrected chi connectivity index (χ3v) is 1.25. The highest BCUT2D eigenvalue weighted by Gasteiger charge is 2.10. The van der Waals surface area contributed by atoms with Crippen molar-refractivity contribution in [1.29, 1.82) is 0 Å². The van der Waals surface area contributed by atoms with E-state index in [9.17, 15) is 4.79 Å². The number of ether oxygens (including phenoxy) is 2. The minimum atomic E-state index is -1.00. The summed E-state index contributed by atoms with van der Waals surface area (Å²) >= 11 is 5.50. The monoisotopic (exact) mass is 203 g/mol. The molecule has 0 aliphatic rings. The molecular weight excluding hydrogens is 198 g/mol. The summed E-state index contributed by atoms with van der Waals surface area (Å²) in [5, 5.41) is 0.0806. The van der Waals surface area contributed by atoms with Crippen LogP contribution in [0.4, 0.5) is 4.79 Å². The molecule has 0 spiro atoms. The number of amides is 1. The van der Waals surface area contributed by atoms with Gasteiger partial charge < -0.3 is 15.2 Å². The number of nitrogens with zero attached hydrogens (tertiary/aromatic N) is 2. The van der Waals surface area contributed by atoms with Gasteiger partial charge in [0.05, 0.1) is 13.3 Å². The van der Waals surface area contributed by atoms with E-state index in [1.165, 1.54) is 13.3 Å². The van der Waals surface area contributed by atoms with Crippen molar-refractivity contribution in [2.75, 3.05) is 7.11 Å². The fourth-order valence-electron chi connectivity index (χ4n) is 0.643. The number of primary amides is 1. The molecule has 70 valence electrons. The minimum Gasteiger partial charge on any atom is -0.477 e. The van der Waals surface area contributed by atoms with Gasteiger partial charge in [-0.25, -0.2) is 9.78 Å². The lowest BCUT2D eigenvalue weighted by molar-refractivity contribution is 0.206. The molecule has 0 aliphatic carbocycles. The molecule has 0 saturated carbocycles. The molecule has 0 unspecified atom stereocenters. The van der Waals surface area contributed by atoms with E-state index < -0.39 is 6.09 Å². The molecule has 0 atom stereocenters. The van der Waals surface area contributed by atoms with Crippen molar-refractivity contribution in [3.8, 4) is 11.8 Å². The van der Waals surface area contributed by atoms with E-state index in [1.807, 2.05) is 0 Å². The molecule has 2 N–H and O–H groups in total. The van der Waals surface area contributed by atoms with Gasteiger partial charge in [-0.15, -0.1) is 0 Å². The zero-order chi connectivity index (χ0) is 9.84. The summed E-state index contributed by atoms with van der Waals surface area (Å²) in [5.41, 5.74) is 4.77. The average molecular weight is 204 g/mol. The molecule has 1 rings (SSSR count). The molecule has 7 heteroatoms. The standard InChI is InChI=1S/C6H6ClN3O3/c1-12-4-5(13-6(8)11)10-3(7)2-9-4/h2H,1H3,(H2,8,11). The zero-order valence-electron chi connectivity index (χ0n) is 6.65. The first-order valence-corrected chi connectivity index (χ1v) is 3.55. The normalized spacial score (nSPS) is 9.38. The molecule has 0 fully saturated rings. The lowest BCUT2D eigenvalue weighted by atomic mass is 10.7. The van der Waals surface area contributed by atoms with Crippen LogP contribution in [0.25, 0.3) is 0 Å². The molecule has 1 aromatic heterocycles. The molecule has 1 amide bonds.